The number of piperidine rings is 1. The van der Waals surface area contributed by atoms with Crippen LogP contribution in [0.4, 0.5) is 5.82 Å². The first kappa shape index (κ1) is 22.9. The molecule has 1 fully saturated rings. The first-order chi connectivity index (χ1) is 13.2. The van der Waals surface area contributed by atoms with Gasteiger partial charge in [-0.05, 0) is 58.7 Å². The second-order valence-corrected chi connectivity index (χ2v) is 8.24. The Bertz CT molecular complexity index is 709. The maximum Gasteiger partial charge on any atom is 0.191 e. The second-order valence-electron chi connectivity index (χ2n) is 7.46. The van der Waals surface area contributed by atoms with Crippen LogP contribution >= 0.6 is 35.3 Å². The van der Waals surface area contributed by atoms with Crippen LogP contribution in [0.15, 0.2) is 40.1 Å². The van der Waals surface area contributed by atoms with Gasteiger partial charge in [0.05, 0.1) is 0 Å². The number of thiophene rings is 1. The van der Waals surface area contributed by atoms with Crippen LogP contribution in [-0.2, 0) is 6.54 Å². The van der Waals surface area contributed by atoms with Crippen molar-refractivity contribution in [3.05, 3.63) is 46.3 Å². The summed E-state index contributed by atoms with van der Waals surface area (Å²) in [6.07, 6.45) is 4.50. The number of halogens is 1. The molecule has 0 amide bonds. The van der Waals surface area contributed by atoms with E-state index in [0.717, 1.165) is 49.4 Å². The molecule has 154 valence electrons. The minimum Gasteiger partial charge on any atom is -0.357 e. The summed E-state index contributed by atoms with van der Waals surface area (Å²) in [6.45, 7) is 8.38. The molecule has 0 bridgehead atoms. The van der Waals surface area contributed by atoms with E-state index in [2.05, 4.69) is 68.3 Å². The highest BCUT2D eigenvalue weighted by molar-refractivity contribution is 14.0. The molecule has 0 spiro atoms. The zero-order valence-corrected chi connectivity index (χ0v) is 20.2. The van der Waals surface area contributed by atoms with Crippen molar-refractivity contribution in [1.82, 2.24) is 15.6 Å². The molecule has 7 heteroatoms. The molecule has 1 aliphatic heterocycles. The van der Waals surface area contributed by atoms with Crippen molar-refractivity contribution in [2.24, 2.45) is 10.9 Å². The Morgan fingerprint density at radius 1 is 1.29 bits per heavy atom. The van der Waals surface area contributed by atoms with Gasteiger partial charge >= 0.3 is 0 Å². The Balaban J connectivity index is 0.00000280. The number of hydrogen-bond donors (Lipinski definition) is 2. The fraction of sp³-hybridized carbons (Fsp3) is 0.524. The first-order valence-corrected chi connectivity index (χ1v) is 10.8. The molecule has 1 aliphatic rings. The topological polar surface area (TPSA) is 52.6 Å². The fourth-order valence-electron chi connectivity index (χ4n) is 3.28. The van der Waals surface area contributed by atoms with E-state index in [0.29, 0.717) is 5.92 Å². The zero-order valence-electron chi connectivity index (χ0n) is 17.0. The van der Waals surface area contributed by atoms with Crippen molar-refractivity contribution in [3.63, 3.8) is 0 Å². The van der Waals surface area contributed by atoms with Crippen molar-refractivity contribution < 1.29 is 0 Å². The SMILES string of the molecule is CN=C(NCc1ccc(N2CCC(C)CC2)nc1)NCC(C)c1ccsc1.I. The van der Waals surface area contributed by atoms with E-state index in [9.17, 15) is 0 Å². The number of nitrogens with zero attached hydrogens (tertiary/aromatic N) is 3. The molecular formula is C21H32IN5S. The number of nitrogens with one attached hydrogen (secondary N) is 2. The number of hydrogen-bond acceptors (Lipinski definition) is 4. The highest BCUT2D eigenvalue weighted by Crippen LogP contribution is 2.21. The number of aliphatic imine (C=N–C) groups is 1. The predicted molar refractivity (Wildman–Crippen MR) is 131 cm³/mol. The highest BCUT2D eigenvalue weighted by atomic mass is 127. The van der Waals surface area contributed by atoms with Gasteiger partial charge in [-0.25, -0.2) is 4.98 Å². The van der Waals surface area contributed by atoms with Crippen LogP contribution in [0.2, 0.25) is 0 Å². The molecule has 1 saturated heterocycles. The summed E-state index contributed by atoms with van der Waals surface area (Å²) < 4.78 is 0. The van der Waals surface area contributed by atoms with E-state index in [1.807, 2.05) is 13.2 Å². The zero-order chi connectivity index (χ0) is 19.1. The molecule has 2 aromatic rings. The molecule has 3 heterocycles. The van der Waals surface area contributed by atoms with E-state index < -0.39 is 0 Å². The summed E-state index contributed by atoms with van der Waals surface area (Å²) in [6, 6.07) is 6.49. The average molecular weight is 513 g/mol. The number of guanidine groups is 1. The van der Waals surface area contributed by atoms with Crippen LogP contribution in [0.25, 0.3) is 0 Å². The number of rotatable bonds is 6. The van der Waals surface area contributed by atoms with Crippen LogP contribution < -0.4 is 15.5 Å². The van der Waals surface area contributed by atoms with Crippen molar-refractivity contribution >= 4 is 47.1 Å². The van der Waals surface area contributed by atoms with Gasteiger partial charge in [-0.15, -0.1) is 24.0 Å². The summed E-state index contributed by atoms with van der Waals surface area (Å²) in [4.78, 5) is 11.4. The third-order valence-electron chi connectivity index (χ3n) is 5.29. The number of anilines is 1. The molecule has 2 N–H and O–H groups in total. The average Bonchev–Trinajstić information content (AvgIpc) is 3.24. The second kappa shape index (κ2) is 11.6. The van der Waals surface area contributed by atoms with Crippen LogP contribution in [0, 0.1) is 5.92 Å². The van der Waals surface area contributed by atoms with E-state index in [4.69, 9.17) is 0 Å². The molecule has 5 nitrogen and oxygen atoms in total. The monoisotopic (exact) mass is 513 g/mol. The maximum absolute atomic E-state index is 4.67. The molecule has 1 atom stereocenters. The minimum absolute atomic E-state index is 0. The molecule has 0 aliphatic carbocycles. The van der Waals surface area contributed by atoms with Crippen molar-refractivity contribution in [3.8, 4) is 0 Å². The first-order valence-electron chi connectivity index (χ1n) is 9.82. The quantitative estimate of drug-likeness (QED) is 0.340. The summed E-state index contributed by atoms with van der Waals surface area (Å²) >= 11 is 1.74. The molecule has 0 saturated carbocycles. The fourth-order valence-corrected chi connectivity index (χ4v) is 4.06. The minimum atomic E-state index is 0. The molecule has 1 unspecified atom stereocenters. The van der Waals surface area contributed by atoms with Gasteiger partial charge in [0.15, 0.2) is 5.96 Å². The smallest absolute Gasteiger partial charge is 0.191 e. The predicted octanol–water partition coefficient (Wildman–Crippen LogP) is 4.47. The Labute approximate surface area is 190 Å². The standard InChI is InChI=1S/C21H31N5S.HI/c1-16-6-9-26(10-7-16)20-5-4-18(13-23-20)14-25-21(22-3)24-12-17(2)19-8-11-27-15-19;/h4-5,8,11,13,15-17H,6-7,9-10,12,14H2,1-3H3,(H2,22,24,25);1H. The van der Waals surface area contributed by atoms with Crippen molar-refractivity contribution in [2.75, 3.05) is 31.6 Å². The largest absolute Gasteiger partial charge is 0.357 e. The van der Waals surface area contributed by atoms with E-state index in [1.54, 1.807) is 11.3 Å². The summed E-state index contributed by atoms with van der Waals surface area (Å²) in [5.41, 5.74) is 2.54. The number of pyridine rings is 1. The van der Waals surface area contributed by atoms with Gasteiger partial charge in [0.25, 0.3) is 0 Å². The van der Waals surface area contributed by atoms with Crippen LogP contribution in [0.1, 0.15) is 43.7 Å². The van der Waals surface area contributed by atoms with Gasteiger partial charge in [-0.2, -0.15) is 11.3 Å². The lowest BCUT2D eigenvalue weighted by atomic mass is 9.99. The van der Waals surface area contributed by atoms with Crippen molar-refractivity contribution in [2.45, 2.75) is 39.2 Å². The lowest BCUT2D eigenvalue weighted by molar-refractivity contribution is 0.436. The molecular weight excluding hydrogens is 481 g/mol. The van der Waals surface area contributed by atoms with Gasteiger partial charge in [0, 0.05) is 39.4 Å². The van der Waals surface area contributed by atoms with Crippen molar-refractivity contribution in [1.29, 1.82) is 0 Å². The number of aromatic nitrogens is 1. The molecule has 3 rings (SSSR count). The normalized spacial score (nSPS) is 16.4. The maximum atomic E-state index is 4.67. The lowest BCUT2D eigenvalue weighted by Gasteiger charge is -2.31. The van der Waals surface area contributed by atoms with Crippen LogP contribution in [0.3, 0.4) is 0 Å². The Kier molecular flexibility index (Phi) is 9.50. The Morgan fingerprint density at radius 2 is 2.07 bits per heavy atom. The Morgan fingerprint density at radius 3 is 2.68 bits per heavy atom. The third kappa shape index (κ3) is 6.62. The summed E-state index contributed by atoms with van der Waals surface area (Å²) in [5, 5.41) is 11.1. The van der Waals surface area contributed by atoms with Crippen LogP contribution in [-0.4, -0.2) is 37.6 Å². The van der Waals surface area contributed by atoms with Gasteiger partial charge in [0.1, 0.15) is 5.82 Å². The van der Waals surface area contributed by atoms with E-state index in [1.165, 1.54) is 18.4 Å². The van der Waals surface area contributed by atoms with E-state index >= 15 is 0 Å². The van der Waals surface area contributed by atoms with Gasteiger partial charge in [-0.3, -0.25) is 4.99 Å². The third-order valence-corrected chi connectivity index (χ3v) is 5.99. The van der Waals surface area contributed by atoms with Gasteiger partial charge in [0.2, 0.25) is 0 Å². The molecule has 28 heavy (non-hydrogen) atoms. The molecule has 2 aromatic heterocycles. The van der Waals surface area contributed by atoms with Gasteiger partial charge < -0.3 is 15.5 Å². The highest BCUT2D eigenvalue weighted by Gasteiger charge is 2.16. The summed E-state index contributed by atoms with van der Waals surface area (Å²) in [7, 11) is 1.81. The molecule has 0 aromatic carbocycles. The molecule has 0 radical (unpaired) electrons. The van der Waals surface area contributed by atoms with Gasteiger partial charge in [-0.1, -0.05) is 19.9 Å². The summed E-state index contributed by atoms with van der Waals surface area (Å²) in [5.74, 6) is 3.22. The lowest BCUT2D eigenvalue weighted by Crippen LogP contribution is -2.38. The van der Waals surface area contributed by atoms with E-state index in [-0.39, 0.29) is 24.0 Å². The Hall–Kier alpha value is -1.35. The van der Waals surface area contributed by atoms with Crippen LogP contribution in [0.5, 0.6) is 0 Å².